The fraction of sp³-hybridized carbons (Fsp3) is 0.526. The maximum atomic E-state index is 9.00. The highest BCUT2D eigenvalue weighted by atomic mass is 16.5. The number of oxime groups is 1. The molecule has 23 heavy (non-hydrogen) atoms. The highest BCUT2D eigenvalue weighted by molar-refractivity contribution is 6.01. The number of rotatable bonds is 3. The largest absolute Gasteiger partial charge is 0.496 e. The lowest BCUT2D eigenvalue weighted by atomic mass is 9.71. The summed E-state index contributed by atoms with van der Waals surface area (Å²) in [7, 11) is 1.62. The van der Waals surface area contributed by atoms with Crippen LogP contribution in [-0.4, -0.2) is 24.6 Å². The minimum Gasteiger partial charge on any atom is -0.496 e. The quantitative estimate of drug-likeness (QED) is 0.499. The van der Waals surface area contributed by atoms with Gasteiger partial charge in [0.1, 0.15) is 11.5 Å². The van der Waals surface area contributed by atoms with Gasteiger partial charge in [0.25, 0.3) is 0 Å². The molecular weight excluding hydrogens is 290 g/mol. The molecule has 2 rings (SSSR count). The van der Waals surface area contributed by atoms with Crippen molar-refractivity contribution in [1.82, 2.24) is 0 Å². The Kier molecular flexibility index (Phi) is 4.47. The second-order valence-corrected chi connectivity index (χ2v) is 7.73. The average molecular weight is 317 g/mol. The van der Waals surface area contributed by atoms with Gasteiger partial charge in [0, 0.05) is 16.5 Å². The third-order valence-corrected chi connectivity index (χ3v) is 4.23. The molecule has 0 amide bonds. The fourth-order valence-corrected chi connectivity index (χ4v) is 3.47. The first-order chi connectivity index (χ1) is 10.6. The number of hydrogen-bond acceptors (Lipinski definition) is 4. The molecule has 0 fully saturated rings. The van der Waals surface area contributed by atoms with Crippen molar-refractivity contribution in [2.45, 2.75) is 41.5 Å². The SMILES string of the molecule is COc1cc(C2=C(C(C)(C)C)C(C)(C)CO2)ccc1C(C)=NO. The van der Waals surface area contributed by atoms with Gasteiger partial charge in [0.15, 0.2) is 0 Å². The topological polar surface area (TPSA) is 51.0 Å². The maximum absolute atomic E-state index is 9.00. The van der Waals surface area contributed by atoms with Crippen molar-refractivity contribution < 1.29 is 14.7 Å². The standard InChI is InChI=1S/C19H27NO3/c1-12(20-21)14-9-8-13(10-15(14)22-7)16-17(18(2,3)4)19(5,6)11-23-16/h8-10,21H,11H2,1-7H3. The van der Waals surface area contributed by atoms with Crippen LogP contribution < -0.4 is 4.74 Å². The van der Waals surface area contributed by atoms with Gasteiger partial charge in [-0.05, 0) is 30.0 Å². The van der Waals surface area contributed by atoms with Crippen LogP contribution >= 0.6 is 0 Å². The first-order valence-corrected chi connectivity index (χ1v) is 7.87. The second kappa shape index (κ2) is 5.91. The summed E-state index contributed by atoms with van der Waals surface area (Å²) < 4.78 is 11.5. The zero-order valence-corrected chi connectivity index (χ0v) is 15.2. The summed E-state index contributed by atoms with van der Waals surface area (Å²) in [5.74, 6) is 1.61. The van der Waals surface area contributed by atoms with E-state index in [1.54, 1.807) is 14.0 Å². The van der Waals surface area contributed by atoms with Crippen molar-refractivity contribution in [2.75, 3.05) is 13.7 Å². The summed E-state index contributed by atoms with van der Waals surface area (Å²) >= 11 is 0. The molecule has 0 aromatic heterocycles. The van der Waals surface area contributed by atoms with Gasteiger partial charge in [-0.15, -0.1) is 0 Å². The summed E-state index contributed by atoms with van der Waals surface area (Å²) in [6, 6.07) is 5.85. The van der Waals surface area contributed by atoms with Crippen LogP contribution in [0.15, 0.2) is 28.9 Å². The highest BCUT2D eigenvalue weighted by Crippen LogP contribution is 2.49. The molecule has 4 heteroatoms. The van der Waals surface area contributed by atoms with E-state index in [2.05, 4.69) is 39.8 Å². The average Bonchev–Trinajstić information content (AvgIpc) is 2.81. The van der Waals surface area contributed by atoms with E-state index in [1.165, 1.54) is 5.57 Å². The number of methoxy groups -OCH3 is 1. The summed E-state index contributed by atoms with van der Waals surface area (Å²) in [5.41, 5.74) is 3.62. The van der Waals surface area contributed by atoms with Crippen LogP contribution in [0.5, 0.6) is 5.75 Å². The van der Waals surface area contributed by atoms with Crippen molar-refractivity contribution in [3.63, 3.8) is 0 Å². The monoisotopic (exact) mass is 317 g/mol. The lowest BCUT2D eigenvalue weighted by Gasteiger charge is -2.30. The van der Waals surface area contributed by atoms with Crippen LogP contribution in [0.4, 0.5) is 0 Å². The molecule has 1 aliphatic rings. The number of nitrogens with zero attached hydrogens (tertiary/aromatic N) is 1. The Morgan fingerprint density at radius 2 is 1.96 bits per heavy atom. The molecule has 1 N–H and O–H groups in total. The zero-order chi connectivity index (χ0) is 17.4. The molecule has 4 nitrogen and oxygen atoms in total. The Balaban J connectivity index is 2.62. The van der Waals surface area contributed by atoms with Crippen LogP contribution in [0, 0.1) is 10.8 Å². The molecule has 1 aromatic carbocycles. The second-order valence-electron chi connectivity index (χ2n) is 7.73. The smallest absolute Gasteiger partial charge is 0.128 e. The fourth-order valence-electron chi connectivity index (χ4n) is 3.47. The van der Waals surface area contributed by atoms with Gasteiger partial charge in [-0.2, -0.15) is 0 Å². The molecule has 0 radical (unpaired) electrons. The molecule has 0 atom stereocenters. The molecule has 0 saturated heterocycles. The van der Waals surface area contributed by atoms with E-state index in [4.69, 9.17) is 14.7 Å². The molecule has 1 heterocycles. The van der Waals surface area contributed by atoms with Gasteiger partial charge in [0.2, 0.25) is 0 Å². The van der Waals surface area contributed by atoms with Gasteiger partial charge in [-0.25, -0.2) is 0 Å². The molecule has 0 saturated carbocycles. The normalized spacial score (nSPS) is 18.1. The summed E-state index contributed by atoms with van der Waals surface area (Å²) in [5, 5.41) is 12.3. The lowest BCUT2D eigenvalue weighted by molar-refractivity contribution is 0.213. The Morgan fingerprint density at radius 1 is 1.30 bits per heavy atom. The van der Waals surface area contributed by atoms with Gasteiger partial charge >= 0.3 is 0 Å². The van der Waals surface area contributed by atoms with E-state index in [-0.39, 0.29) is 10.8 Å². The van der Waals surface area contributed by atoms with Crippen molar-refractivity contribution in [3.05, 3.63) is 34.9 Å². The molecule has 0 bridgehead atoms. The van der Waals surface area contributed by atoms with Crippen molar-refractivity contribution in [3.8, 4) is 5.75 Å². The minimum absolute atomic E-state index is 0.00195. The Hall–Kier alpha value is -1.97. The summed E-state index contributed by atoms with van der Waals surface area (Å²) in [6.07, 6.45) is 0. The zero-order valence-electron chi connectivity index (χ0n) is 15.2. The van der Waals surface area contributed by atoms with Gasteiger partial charge in [-0.1, -0.05) is 45.8 Å². The van der Waals surface area contributed by atoms with Crippen LogP contribution in [0.2, 0.25) is 0 Å². The molecule has 126 valence electrons. The summed E-state index contributed by atoms with van der Waals surface area (Å²) in [4.78, 5) is 0. The van der Waals surface area contributed by atoms with E-state index in [0.29, 0.717) is 18.1 Å². The third-order valence-electron chi connectivity index (χ3n) is 4.23. The van der Waals surface area contributed by atoms with Gasteiger partial charge in [-0.3, -0.25) is 0 Å². The number of ether oxygens (including phenoxy) is 2. The molecule has 0 spiro atoms. The van der Waals surface area contributed by atoms with Gasteiger partial charge < -0.3 is 14.7 Å². The predicted molar refractivity (Wildman–Crippen MR) is 93.1 cm³/mol. The molecule has 1 aliphatic heterocycles. The molecule has 0 aliphatic carbocycles. The number of hydrogen-bond donors (Lipinski definition) is 1. The third kappa shape index (κ3) is 3.21. The van der Waals surface area contributed by atoms with E-state index in [0.717, 1.165) is 16.9 Å². The maximum Gasteiger partial charge on any atom is 0.128 e. The van der Waals surface area contributed by atoms with E-state index < -0.39 is 0 Å². The Morgan fingerprint density at radius 3 is 2.48 bits per heavy atom. The Labute approximate surface area is 138 Å². The van der Waals surface area contributed by atoms with Crippen molar-refractivity contribution in [2.24, 2.45) is 16.0 Å². The predicted octanol–water partition coefficient (Wildman–Crippen LogP) is 4.71. The molecular formula is C19H27NO3. The minimum atomic E-state index is 0.00195. The van der Waals surface area contributed by atoms with E-state index >= 15 is 0 Å². The Bertz CT molecular complexity index is 664. The molecule has 1 aromatic rings. The van der Waals surface area contributed by atoms with E-state index in [9.17, 15) is 0 Å². The first-order valence-electron chi connectivity index (χ1n) is 7.87. The van der Waals surface area contributed by atoms with E-state index in [1.807, 2.05) is 18.2 Å². The van der Waals surface area contributed by atoms with Gasteiger partial charge in [0.05, 0.1) is 19.4 Å². The summed E-state index contributed by atoms with van der Waals surface area (Å²) in [6.45, 7) is 13.5. The van der Waals surface area contributed by atoms with Crippen LogP contribution in [-0.2, 0) is 4.74 Å². The lowest BCUT2D eigenvalue weighted by Crippen LogP contribution is -2.24. The van der Waals surface area contributed by atoms with Crippen LogP contribution in [0.25, 0.3) is 5.76 Å². The highest BCUT2D eigenvalue weighted by Gasteiger charge is 2.41. The van der Waals surface area contributed by atoms with Crippen LogP contribution in [0.1, 0.15) is 52.7 Å². The van der Waals surface area contributed by atoms with Crippen molar-refractivity contribution >= 4 is 11.5 Å². The molecule has 0 unspecified atom stereocenters. The van der Waals surface area contributed by atoms with Crippen molar-refractivity contribution in [1.29, 1.82) is 0 Å². The first kappa shape index (κ1) is 17.4. The van der Waals surface area contributed by atoms with Crippen LogP contribution in [0.3, 0.4) is 0 Å². The number of benzene rings is 1.